The molecule has 2 atom stereocenters. The maximum atomic E-state index is 6.15. The van der Waals surface area contributed by atoms with Crippen molar-refractivity contribution in [2.24, 2.45) is 0 Å². The lowest BCUT2D eigenvalue weighted by Gasteiger charge is -2.33. The maximum absolute atomic E-state index is 6.15. The molecule has 21 heavy (non-hydrogen) atoms. The number of benzene rings is 1. The van der Waals surface area contributed by atoms with E-state index in [9.17, 15) is 0 Å². The molecule has 2 unspecified atom stereocenters. The number of nitrogens with one attached hydrogen (secondary N) is 1. The van der Waals surface area contributed by atoms with Gasteiger partial charge in [-0.15, -0.1) is 0 Å². The number of fused-ring (bicyclic) bond motifs is 1. The second-order valence-corrected chi connectivity index (χ2v) is 6.42. The van der Waals surface area contributed by atoms with Crippen LogP contribution in [0.5, 0.6) is 0 Å². The first kappa shape index (κ1) is 14.8. The van der Waals surface area contributed by atoms with Gasteiger partial charge in [-0.1, -0.05) is 31.2 Å². The zero-order valence-electron chi connectivity index (χ0n) is 12.5. The molecule has 1 aliphatic rings. The van der Waals surface area contributed by atoms with E-state index in [-0.39, 0.29) is 6.10 Å². The Labute approximate surface area is 131 Å². The quantitative estimate of drug-likeness (QED) is 0.871. The monoisotopic (exact) mass is 301 g/mol. The first-order valence-electron chi connectivity index (χ1n) is 7.82. The minimum absolute atomic E-state index is 0.168. The average molecular weight is 301 g/mol. The highest BCUT2D eigenvalue weighted by atomic mass is 32.1. The molecule has 0 bridgehead atoms. The number of hydrogen-bond acceptors (Lipinski definition) is 3. The van der Waals surface area contributed by atoms with E-state index in [1.165, 1.54) is 16.7 Å². The Kier molecular flexibility index (Phi) is 5.07. The third-order valence-electron chi connectivity index (χ3n) is 4.09. The average Bonchev–Trinajstić information content (AvgIpc) is 3.04. The summed E-state index contributed by atoms with van der Waals surface area (Å²) in [6, 6.07) is 11.3. The molecule has 3 heteroatoms. The van der Waals surface area contributed by atoms with Crippen molar-refractivity contribution < 1.29 is 4.74 Å². The molecule has 2 nitrogen and oxygen atoms in total. The Morgan fingerprint density at radius 2 is 2.24 bits per heavy atom. The zero-order valence-corrected chi connectivity index (χ0v) is 13.4. The largest absolute Gasteiger partial charge is 0.372 e. The summed E-state index contributed by atoms with van der Waals surface area (Å²) >= 11 is 1.77. The molecule has 0 saturated heterocycles. The Morgan fingerprint density at radius 1 is 1.33 bits per heavy atom. The van der Waals surface area contributed by atoms with Crippen LogP contribution in [0.4, 0.5) is 0 Å². The number of ether oxygens (including phenoxy) is 1. The lowest BCUT2D eigenvalue weighted by atomic mass is 9.90. The molecule has 2 aromatic rings. The van der Waals surface area contributed by atoms with E-state index in [1.54, 1.807) is 11.3 Å². The summed E-state index contributed by atoms with van der Waals surface area (Å²) in [6.45, 7) is 4.08. The van der Waals surface area contributed by atoms with Crippen LogP contribution in [-0.2, 0) is 17.6 Å². The lowest BCUT2D eigenvalue weighted by molar-refractivity contribution is 0.0154. The Bertz CT molecular complexity index is 552. The fourth-order valence-electron chi connectivity index (χ4n) is 3.04. The van der Waals surface area contributed by atoms with Gasteiger partial charge in [-0.3, -0.25) is 0 Å². The van der Waals surface area contributed by atoms with Crippen LogP contribution >= 0.6 is 11.3 Å². The van der Waals surface area contributed by atoms with Crippen LogP contribution in [0.15, 0.2) is 41.1 Å². The van der Waals surface area contributed by atoms with Crippen LogP contribution in [0.3, 0.4) is 0 Å². The van der Waals surface area contributed by atoms with Crippen LogP contribution in [0.1, 0.15) is 36.1 Å². The van der Waals surface area contributed by atoms with E-state index in [2.05, 4.69) is 53.3 Å². The maximum Gasteiger partial charge on any atom is 0.0983 e. The van der Waals surface area contributed by atoms with E-state index in [0.717, 1.165) is 32.4 Å². The summed E-state index contributed by atoms with van der Waals surface area (Å²) in [6.07, 6.45) is 3.38. The number of hydrogen-bond donors (Lipinski definition) is 1. The van der Waals surface area contributed by atoms with Crippen LogP contribution in [0.25, 0.3) is 0 Å². The van der Waals surface area contributed by atoms with Crippen LogP contribution < -0.4 is 5.32 Å². The first-order chi connectivity index (χ1) is 10.4. The van der Waals surface area contributed by atoms with Crippen molar-refractivity contribution in [1.82, 2.24) is 5.32 Å². The van der Waals surface area contributed by atoms with E-state index < -0.39 is 0 Å². The zero-order chi connectivity index (χ0) is 14.5. The molecule has 0 radical (unpaired) electrons. The van der Waals surface area contributed by atoms with E-state index >= 15 is 0 Å². The second kappa shape index (κ2) is 7.21. The highest BCUT2D eigenvalue weighted by Crippen LogP contribution is 2.31. The topological polar surface area (TPSA) is 21.3 Å². The van der Waals surface area contributed by atoms with Gasteiger partial charge < -0.3 is 10.1 Å². The molecule has 1 aliphatic heterocycles. The van der Waals surface area contributed by atoms with Gasteiger partial charge >= 0.3 is 0 Å². The SMILES string of the molecule is CCCNC(Cc1ccsc1)C1OCCc2ccccc21. The summed E-state index contributed by atoms with van der Waals surface area (Å²) < 4.78 is 6.15. The van der Waals surface area contributed by atoms with E-state index in [1.807, 2.05) is 0 Å². The third kappa shape index (κ3) is 3.54. The number of rotatable bonds is 6. The van der Waals surface area contributed by atoms with Crippen molar-refractivity contribution in [2.45, 2.75) is 38.3 Å². The standard InChI is InChI=1S/C18H23NOS/c1-2-9-19-17(12-14-8-11-21-13-14)18-16-6-4-3-5-15(16)7-10-20-18/h3-6,8,11,13,17-19H,2,7,9-10,12H2,1H3. The van der Waals surface area contributed by atoms with Crippen molar-refractivity contribution in [3.05, 3.63) is 57.8 Å². The van der Waals surface area contributed by atoms with Gasteiger partial charge in [0.05, 0.1) is 12.7 Å². The smallest absolute Gasteiger partial charge is 0.0983 e. The van der Waals surface area contributed by atoms with Crippen molar-refractivity contribution in [1.29, 1.82) is 0 Å². The third-order valence-corrected chi connectivity index (χ3v) is 4.82. The summed E-state index contributed by atoms with van der Waals surface area (Å²) in [5, 5.41) is 8.10. The molecule has 1 aromatic carbocycles. The van der Waals surface area contributed by atoms with E-state index in [4.69, 9.17) is 4.74 Å². The van der Waals surface area contributed by atoms with Gasteiger partial charge in [0, 0.05) is 6.04 Å². The normalized spacial score (nSPS) is 19.2. The minimum Gasteiger partial charge on any atom is -0.372 e. The molecule has 0 saturated carbocycles. The Hall–Kier alpha value is -1.16. The summed E-state index contributed by atoms with van der Waals surface area (Å²) in [5.74, 6) is 0. The lowest BCUT2D eigenvalue weighted by Crippen LogP contribution is -2.40. The molecule has 0 amide bonds. The summed E-state index contributed by atoms with van der Waals surface area (Å²) in [5.41, 5.74) is 4.22. The highest BCUT2D eigenvalue weighted by molar-refractivity contribution is 7.07. The van der Waals surface area contributed by atoms with Gasteiger partial charge in [0.15, 0.2) is 0 Å². The molecular formula is C18H23NOS. The highest BCUT2D eigenvalue weighted by Gasteiger charge is 2.28. The molecule has 0 aliphatic carbocycles. The predicted octanol–water partition coefficient (Wildman–Crippen LogP) is 3.97. The second-order valence-electron chi connectivity index (χ2n) is 5.64. The van der Waals surface area contributed by atoms with Gasteiger partial charge in [0.25, 0.3) is 0 Å². The molecule has 0 fully saturated rings. The van der Waals surface area contributed by atoms with Crippen LogP contribution in [0, 0.1) is 0 Å². The fourth-order valence-corrected chi connectivity index (χ4v) is 3.72. The predicted molar refractivity (Wildman–Crippen MR) is 88.9 cm³/mol. The van der Waals surface area contributed by atoms with Crippen molar-refractivity contribution in [2.75, 3.05) is 13.2 Å². The van der Waals surface area contributed by atoms with Crippen LogP contribution in [-0.4, -0.2) is 19.2 Å². The van der Waals surface area contributed by atoms with Gasteiger partial charge in [0.2, 0.25) is 0 Å². The molecule has 2 heterocycles. The molecule has 3 rings (SSSR count). The van der Waals surface area contributed by atoms with Gasteiger partial charge in [-0.25, -0.2) is 0 Å². The molecular weight excluding hydrogens is 278 g/mol. The van der Waals surface area contributed by atoms with Gasteiger partial charge in [0.1, 0.15) is 0 Å². The molecule has 112 valence electrons. The van der Waals surface area contributed by atoms with Crippen molar-refractivity contribution >= 4 is 11.3 Å². The Balaban J connectivity index is 1.82. The fraction of sp³-hybridized carbons (Fsp3) is 0.444. The number of thiophene rings is 1. The van der Waals surface area contributed by atoms with Gasteiger partial charge in [-0.2, -0.15) is 11.3 Å². The molecule has 1 aromatic heterocycles. The minimum atomic E-state index is 0.168. The summed E-state index contributed by atoms with van der Waals surface area (Å²) in [4.78, 5) is 0. The van der Waals surface area contributed by atoms with Crippen LogP contribution in [0.2, 0.25) is 0 Å². The van der Waals surface area contributed by atoms with Gasteiger partial charge in [-0.05, 0) is 59.3 Å². The first-order valence-corrected chi connectivity index (χ1v) is 8.76. The Morgan fingerprint density at radius 3 is 3.05 bits per heavy atom. The molecule has 0 spiro atoms. The molecule has 1 N–H and O–H groups in total. The van der Waals surface area contributed by atoms with Crippen molar-refractivity contribution in [3.63, 3.8) is 0 Å². The summed E-state index contributed by atoms with van der Waals surface area (Å²) in [7, 11) is 0. The van der Waals surface area contributed by atoms with E-state index in [0.29, 0.717) is 6.04 Å². The van der Waals surface area contributed by atoms with Crippen molar-refractivity contribution in [3.8, 4) is 0 Å².